The lowest BCUT2D eigenvalue weighted by Gasteiger charge is -2.37. The molecule has 2 heterocycles. The highest BCUT2D eigenvalue weighted by molar-refractivity contribution is 5.76. The van der Waals surface area contributed by atoms with E-state index >= 15 is 0 Å². The fraction of sp³-hybridized carbons (Fsp3) is 0.567. The molecule has 2 fully saturated rings. The van der Waals surface area contributed by atoms with Crippen molar-refractivity contribution in [2.24, 2.45) is 0 Å². The van der Waals surface area contributed by atoms with Crippen molar-refractivity contribution in [3.05, 3.63) is 58.1 Å². The van der Waals surface area contributed by atoms with E-state index in [-0.39, 0.29) is 28.9 Å². The van der Waals surface area contributed by atoms with Crippen LogP contribution in [0.15, 0.2) is 42.5 Å². The predicted octanol–water partition coefficient (Wildman–Crippen LogP) is 4.87. The van der Waals surface area contributed by atoms with E-state index in [1.54, 1.807) is 19.1 Å². The van der Waals surface area contributed by atoms with Gasteiger partial charge in [0.25, 0.3) is 0 Å². The number of carbonyl (C=O) groups excluding carboxylic acids is 1. The number of amides is 1. The SMILES string of the molecule is CCOc1cc(OC2CCN(C(=O)CCN3CCN(c4ccc(C(C)(C)C)cc4)CC3)CC2)ccc1[N+](=O)[O-]. The minimum absolute atomic E-state index is 0.0319. The van der Waals surface area contributed by atoms with Gasteiger partial charge in [0.1, 0.15) is 11.9 Å². The highest BCUT2D eigenvalue weighted by Gasteiger charge is 2.26. The quantitative estimate of drug-likeness (QED) is 0.332. The molecule has 0 atom stereocenters. The predicted molar refractivity (Wildman–Crippen MR) is 153 cm³/mol. The molecule has 2 aliphatic heterocycles. The summed E-state index contributed by atoms with van der Waals surface area (Å²) in [6.45, 7) is 14.8. The molecule has 2 saturated heterocycles. The molecule has 1 amide bonds. The first kappa shape index (κ1) is 28.7. The first-order valence-electron chi connectivity index (χ1n) is 14.1. The van der Waals surface area contributed by atoms with Crippen molar-refractivity contribution in [3.8, 4) is 11.5 Å². The number of nitro groups is 1. The summed E-state index contributed by atoms with van der Waals surface area (Å²) in [7, 11) is 0. The van der Waals surface area contributed by atoms with Crippen LogP contribution in [-0.2, 0) is 10.2 Å². The fourth-order valence-corrected chi connectivity index (χ4v) is 5.22. The Bertz CT molecular complexity index is 1120. The number of ether oxygens (including phenoxy) is 2. The summed E-state index contributed by atoms with van der Waals surface area (Å²) in [5.74, 6) is 0.965. The van der Waals surface area contributed by atoms with Crippen LogP contribution in [0.2, 0.25) is 0 Å². The molecule has 0 bridgehead atoms. The zero-order chi connectivity index (χ0) is 28.0. The van der Waals surface area contributed by atoms with Gasteiger partial charge in [0.05, 0.1) is 11.5 Å². The molecule has 0 aliphatic carbocycles. The molecule has 9 heteroatoms. The molecule has 0 saturated carbocycles. The molecule has 0 spiro atoms. The van der Waals surface area contributed by atoms with Crippen LogP contribution in [0.4, 0.5) is 11.4 Å². The number of piperazine rings is 1. The zero-order valence-corrected chi connectivity index (χ0v) is 23.7. The molecular weight excluding hydrogens is 496 g/mol. The molecule has 0 aromatic heterocycles. The maximum Gasteiger partial charge on any atom is 0.311 e. The van der Waals surface area contributed by atoms with Crippen molar-refractivity contribution in [2.75, 3.05) is 57.3 Å². The Kier molecular flexibility index (Phi) is 9.32. The van der Waals surface area contributed by atoms with Gasteiger partial charge in [0, 0.05) is 82.9 Å². The number of nitro benzene ring substituents is 1. The Morgan fingerprint density at radius 2 is 1.67 bits per heavy atom. The summed E-state index contributed by atoms with van der Waals surface area (Å²) in [6.07, 6.45) is 1.97. The number of nitrogens with zero attached hydrogens (tertiary/aromatic N) is 4. The van der Waals surface area contributed by atoms with Gasteiger partial charge in [-0.25, -0.2) is 0 Å². The van der Waals surface area contributed by atoms with Gasteiger partial charge in [-0.05, 0) is 36.1 Å². The van der Waals surface area contributed by atoms with E-state index < -0.39 is 4.92 Å². The van der Waals surface area contributed by atoms with Gasteiger partial charge in [-0.15, -0.1) is 0 Å². The summed E-state index contributed by atoms with van der Waals surface area (Å²) < 4.78 is 11.5. The largest absolute Gasteiger partial charge is 0.490 e. The van der Waals surface area contributed by atoms with Crippen molar-refractivity contribution < 1.29 is 19.2 Å². The Hall–Kier alpha value is -3.33. The molecule has 0 N–H and O–H groups in total. The van der Waals surface area contributed by atoms with E-state index in [0.717, 1.165) is 45.6 Å². The van der Waals surface area contributed by atoms with Crippen molar-refractivity contribution in [1.82, 2.24) is 9.80 Å². The molecule has 0 radical (unpaired) electrons. The topological polar surface area (TPSA) is 88.4 Å². The van der Waals surface area contributed by atoms with Gasteiger partial charge in [-0.3, -0.25) is 19.8 Å². The highest BCUT2D eigenvalue weighted by Crippen LogP contribution is 2.32. The van der Waals surface area contributed by atoms with Gasteiger partial charge in [-0.1, -0.05) is 32.9 Å². The summed E-state index contributed by atoms with van der Waals surface area (Å²) >= 11 is 0. The standard InChI is InChI=1S/C30H42N4O5/c1-5-38-28-22-26(10-11-27(28)34(36)37)39-25-12-16-33(17-13-25)29(35)14-15-31-18-20-32(21-19-31)24-8-6-23(7-9-24)30(2,3)4/h6-11,22,25H,5,12-21H2,1-4H3. The Morgan fingerprint density at radius 1 is 1.00 bits per heavy atom. The number of hydrogen-bond acceptors (Lipinski definition) is 7. The van der Waals surface area contributed by atoms with E-state index in [1.165, 1.54) is 17.3 Å². The zero-order valence-electron chi connectivity index (χ0n) is 23.7. The van der Waals surface area contributed by atoms with Crippen LogP contribution in [0.5, 0.6) is 11.5 Å². The third-order valence-corrected chi connectivity index (χ3v) is 7.64. The number of anilines is 1. The van der Waals surface area contributed by atoms with Gasteiger partial charge in [0.15, 0.2) is 0 Å². The molecule has 2 aliphatic rings. The van der Waals surface area contributed by atoms with Gasteiger partial charge in [-0.2, -0.15) is 0 Å². The van der Waals surface area contributed by atoms with Crippen LogP contribution in [0.25, 0.3) is 0 Å². The molecular formula is C30H42N4O5. The van der Waals surface area contributed by atoms with E-state index in [2.05, 4.69) is 54.8 Å². The van der Waals surface area contributed by atoms with E-state index in [9.17, 15) is 14.9 Å². The molecule has 39 heavy (non-hydrogen) atoms. The minimum atomic E-state index is -0.454. The van der Waals surface area contributed by atoms with E-state index in [0.29, 0.717) is 31.9 Å². The van der Waals surface area contributed by atoms with Gasteiger partial charge < -0.3 is 19.3 Å². The Labute approximate surface area is 231 Å². The first-order valence-corrected chi connectivity index (χ1v) is 14.1. The van der Waals surface area contributed by atoms with Crippen LogP contribution in [0.1, 0.15) is 52.5 Å². The van der Waals surface area contributed by atoms with Crippen LogP contribution in [0, 0.1) is 10.1 Å². The van der Waals surface area contributed by atoms with Gasteiger partial charge in [0.2, 0.25) is 11.7 Å². The van der Waals surface area contributed by atoms with Crippen LogP contribution in [-0.4, -0.2) is 79.2 Å². The maximum atomic E-state index is 12.9. The molecule has 4 rings (SSSR count). The average Bonchev–Trinajstić information content (AvgIpc) is 2.92. The second-order valence-corrected chi connectivity index (χ2v) is 11.4. The molecule has 9 nitrogen and oxygen atoms in total. The summed E-state index contributed by atoms with van der Waals surface area (Å²) in [5, 5.41) is 11.2. The highest BCUT2D eigenvalue weighted by atomic mass is 16.6. The monoisotopic (exact) mass is 538 g/mol. The Morgan fingerprint density at radius 3 is 2.26 bits per heavy atom. The van der Waals surface area contributed by atoms with Crippen LogP contribution >= 0.6 is 0 Å². The Balaban J connectivity index is 1.17. The molecule has 2 aromatic carbocycles. The maximum absolute atomic E-state index is 12.9. The number of likely N-dealkylation sites (tertiary alicyclic amines) is 1. The lowest BCUT2D eigenvalue weighted by atomic mass is 9.87. The summed E-state index contributed by atoms with van der Waals surface area (Å²) in [5.41, 5.74) is 2.71. The summed E-state index contributed by atoms with van der Waals surface area (Å²) in [4.78, 5) is 30.4. The third kappa shape index (κ3) is 7.62. The normalized spacial score (nSPS) is 17.2. The average molecular weight is 539 g/mol. The fourth-order valence-electron chi connectivity index (χ4n) is 5.22. The lowest BCUT2D eigenvalue weighted by Crippen LogP contribution is -2.48. The van der Waals surface area contributed by atoms with Crippen molar-refractivity contribution in [3.63, 3.8) is 0 Å². The van der Waals surface area contributed by atoms with Gasteiger partial charge >= 0.3 is 5.69 Å². The van der Waals surface area contributed by atoms with Crippen molar-refractivity contribution >= 4 is 17.3 Å². The number of piperidine rings is 1. The lowest BCUT2D eigenvalue weighted by molar-refractivity contribution is -0.385. The number of carbonyl (C=O) groups is 1. The number of hydrogen-bond donors (Lipinski definition) is 0. The molecule has 2 aromatic rings. The first-order chi connectivity index (χ1) is 18.6. The smallest absolute Gasteiger partial charge is 0.311 e. The van der Waals surface area contributed by atoms with Crippen LogP contribution < -0.4 is 14.4 Å². The number of benzene rings is 2. The molecule has 212 valence electrons. The minimum Gasteiger partial charge on any atom is -0.490 e. The van der Waals surface area contributed by atoms with Crippen LogP contribution in [0.3, 0.4) is 0 Å². The van der Waals surface area contributed by atoms with E-state index in [1.807, 2.05) is 4.90 Å². The van der Waals surface area contributed by atoms with Crippen molar-refractivity contribution in [1.29, 1.82) is 0 Å². The second-order valence-electron chi connectivity index (χ2n) is 11.4. The van der Waals surface area contributed by atoms with E-state index in [4.69, 9.17) is 9.47 Å². The second kappa shape index (κ2) is 12.7. The third-order valence-electron chi connectivity index (χ3n) is 7.64. The van der Waals surface area contributed by atoms with Crippen molar-refractivity contribution in [2.45, 2.75) is 58.5 Å². The number of rotatable bonds is 9. The molecule has 0 unspecified atom stereocenters. The summed E-state index contributed by atoms with van der Waals surface area (Å²) in [6, 6.07) is 13.5.